The molecule has 0 fully saturated rings. The molecular weight excluding hydrogens is 349 g/mol. The number of nitrogens with zero attached hydrogens (tertiary/aromatic N) is 3. The molecule has 20 heavy (non-hydrogen) atoms. The van der Waals surface area contributed by atoms with Crippen LogP contribution in [0, 0.1) is 0 Å². The van der Waals surface area contributed by atoms with Crippen molar-refractivity contribution in [3.05, 3.63) is 39.9 Å². The number of hydrogen-bond acceptors (Lipinski definition) is 5. The zero-order valence-corrected chi connectivity index (χ0v) is 12.7. The molecule has 0 atom stereocenters. The maximum absolute atomic E-state index is 8.70. The van der Waals surface area contributed by atoms with Crippen LogP contribution in [0.2, 0.25) is 15.6 Å². The lowest BCUT2D eigenvalue weighted by Gasteiger charge is -2.06. The quantitative estimate of drug-likeness (QED) is 0.709. The van der Waals surface area contributed by atoms with Gasteiger partial charge in [-0.3, -0.25) is 0 Å². The highest BCUT2D eigenvalue weighted by molar-refractivity contribution is 7.30. The van der Waals surface area contributed by atoms with Gasteiger partial charge in [-0.05, 0) is 35.3 Å². The van der Waals surface area contributed by atoms with Crippen LogP contribution in [0.3, 0.4) is 0 Å². The van der Waals surface area contributed by atoms with Gasteiger partial charge in [-0.2, -0.15) is 15.0 Å². The third-order valence-corrected chi connectivity index (χ3v) is 2.37. The van der Waals surface area contributed by atoms with Crippen LogP contribution in [0.15, 0.2) is 24.3 Å². The smallest absolute Gasteiger partial charge is 0.323 e. The first kappa shape index (κ1) is 17.0. The van der Waals surface area contributed by atoms with Crippen LogP contribution in [0.25, 0.3) is 0 Å². The van der Waals surface area contributed by atoms with Crippen molar-refractivity contribution in [2.75, 3.05) is 5.32 Å². The van der Waals surface area contributed by atoms with Gasteiger partial charge in [0.15, 0.2) is 0 Å². The third-order valence-electron chi connectivity index (χ3n) is 1.70. The number of halogens is 3. The minimum absolute atomic E-state index is 0.0227. The van der Waals surface area contributed by atoms with Crippen LogP contribution in [0.1, 0.15) is 0 Å². The molecule has 1 aromatic heterocycles. The molecule has 0 bridgehead atoms. The Morgan fingerprint density at radius 3 is 2.00 bits per heavy atom. The van der Waals surface area contributed by atoms with Gasteiger partial charge in [0.25, 0.3) is 0 Å². The predicted octanol–water partition coefficient (Wildman–Crippen LogP) is 3.20. The Balaban J connectivity index is 0.000000444. The third kappa shape index (κ3) is 6.38. The predicted molar refractivity (Wildman–Crippen MR) is 76.6 cm³/mol. The van der Waals surface area contributed by atoms with Crippen molar-refractivity contribution >= 4 is 54.7 Å². The molecule has 0 aliphatic carbocycles. The molecule has 0 amide bonds. The molecule has 1 aromatic carbocycles. The summed E-state index contributed by atoms with van der Waals surface area (Å²) >= 11 is 17.2. The van der Waals surface area contributed by atoms with Crippen LogP contribution in [0.4, 0.5) is 11.6 Å². The van der Waals surface area contributed by atoms with Crippen LogP contribution < -0.4 is 5.32 Å². The molecule has 106 valence electrons. The summed E-state index contributed by atoms with van der Waals surface area (Å²) in [6, 6.07) is 7.18. The van der Waals surface area contributed by atoms with E-state index in [2.05, 4.69) is 20.3 Å². The van der Waals surface area contributed by atoms with Crippen LogP contribution in [-0.4, -0.2) is 24.7 Å². The topological polar surface area (TPSA) is 108 Å². The average Bonchev–Trinajstić information content (AvgIpc) is 2.30. The molecule has 0 saturated heterocycles. The second kappa shape index (κ2) is 8.26. The lowest BCUT2D eigenvalue weighted by Crippen LogP contribution is -1.99. The van der Waals surface area contributed by atoms with Crippen molar-refractivity contribution < 1.29 is 14.4 Å². The molecule has 11 heteroatoms. The Labute approximate surface area is 129 Å². The number of nitrogens with one attached hydrogen (secondary N) is 1. The molecule has 0 radical (unpaired) electrons. The Kier molecular flexibility index (Phi) is 7.01. The normalized spacial score (nSPS) is 9.45. The van der Waals surface area contributed by atoms with Gasteiger partial charge in [-0.1, -0.05) is 23.7 Å². The molecule has 0 unspecified atom stereocenters. The fraction of sp³-hybridized carbons (Fsp3) is 0. The molecular formula is C9H7Cl3N4O3P+. The summed E-state index contributed by atoms with van der Waals surface area (Å²) in [7, 11) is -2.87. The van der Waals surface area contributed by atoms with E-state index in [0.717, 1.165) is 0 Å². The van der Waals surface area contributed by atoms with Crippen molar-refractivity contribution in [1.29, 1.82) is 0 Å². The minimum atomic E-state index is -2.87. The lowest BCUT2D eigenvalue weighted by atomic mass is 10.3. The molecule has 1 heterocycles. The summed E-state index contributed by atoms with van der Waals surface area (Å²) in [4.78, 5) is 25.6. The molecule has 0 aliphatic rings. The first-order valence-electron chi connectivity index (χ1n) is 4.82. The Hall–Kier alpha value is -1.08. The highest BCUT2D eigenvalue weighted by Gasteiger charge is 2.05. The van der Waals surface area contributed by atoms with Gasteiger partial charge in [-0.15, -0.1) is 9.79 Å². The minimum Gasteiger partial charge on any atom is -0.323 e. The standard InChI is InChI=1S/C9H5Cl3N4.HO3P/c10-5-3-1-2-4-6(5)13-9-15-7(11)14-8(12)16-9;1-4(2)3/h1-4H,(H,13,14,15,16);(H-,1,2,3)/p+1. The van der Waals surface area contributed by atoms with Crippen molar-refractivity contribution in [2.45, 2.75) is 0 Å². The van der Waals surface area contributed by atoms with Gasteiger partial charge in [0, 0.05) is 4.57 Å². The maximum Gasteiger partial charge on any atom is 0.692 e. The van der Waals surface area contributed by atoms with E-state index in [1.54, 1.807) is 12.1 Å². The van der Waals surface area contributed by atoms with Gasteiger partial charge in [0.05, 0.1) is 10.7 Å². The van der Waals surface area contributed by atoms with Crippen LogP contribution in [0.5, 0.6) is 0 Å². The zero-order valence-electron chi connectivity index (χ0n) is 9.53. The van der Waals surface area contributed by atoms with E-state index in [1.807, 2.05) is 12.1 Å². The molecule has 0 saturated carbocycles. The molecule has 2 aromatic rings. The SMILES string of the molecule is Clc1nc(Cl)nc(Nc2ccccc2Cl)n1.O=[P+](O)O. The first-order chi connectivity index (χ1) is 9.38. The molecule has 0 aliphatic heterocycles. The zero-order chi connectivity index (χ0) is 15.1. The number of aromatic nitrogens is 3. The van der Waals surface area contributed by atoms with E-state index in [0.29, 0.717) is 10.7 Å². The van der Waals surface area contributed by atoms with E-state index in [1.165, 1.54) is 0 Å². The van der Waals surface area contributed by atoms with Crippen molar-refractivity contribution in [3.63, 3.8) is 0 Å². The highest BCUT2D eigenvalue weighted by atomic mass is 35.5. The van der Waals surface area contributed by atoms with Crippen LogP contribution in [-0.2, 0) is 4.57 Å². The number of anilines is 2. The fourth-order valence-corrected chi connectivity index (χ4v) is 1.61. The van der Waals surface area contributed by atoms with Crippen molar-refractivity contribution in [3.8, 4) is 0 Å². The molecule has 0 spiro atoms. The molecule has 3 N–H and O–H groups in total. The second-order valence-corrected chi connectivity index (χ2v) is 4.64. The second-order valence-electron chi connectivity index (χ2n) is 3.05. The Bertz CT molecular complexity index is 592. The number of benzene rings is 1. The van der Waals surface area contributed by atoms with Gasteiger partial charge < -0.3 is 5.32 Å². The number of para-hydroxylation sites is 1. The average molecular weight is 357 g/mol. The Morgan fingerprint density at radius 1 is 1.00 bits per heavy atom. The lowest BCUT2D eigenvalue weighted by molar-refractivity contribution is 0.405. The summed E-state index contributed by atoms with van der Waals surface area (Å²) in [5.74, 6) is 0.248. The van der Waals surface area contributed by atoms with E-state index < -0.39 is 8.25 Å². The van der Waals surface area contributed by atoms with E-state index in [-0.39, 0.29) is 16.5 Å². The number of rotatable bonds is 2. The highest BCUT2D eigenvalue weighted by Crippen LogP contribution is 2.23. The van der Waals surface area contributed by atoms with Gasteiger partial charge >= 0.3 is 8.25 Å². The van der Waals surface area contributed by atoms with Gasteiger partial charge in [-0.25, -0.2) is 0 Å². The molecule has 7 nitrogen and oxygen atoms in total. The Morgan fingerprint density at radius 2 is 1.50 bits per heavy atom. The fourth-order valence-electron chi connectivity index (χ4n) is 1.06. The van der Waals surface area contributed by atoms with Crippen molar-refractivity contribution in [2.24, 2.45) is 0 Å². The van der Waals surface area contributed by atoms with Gasteiger partial charge in [0.1, 0.15) is 0 Å². The molecule has 2 rings (SSSR count). The largest absolute Gasteiger partial charge is 0.692 e. The van der Waals surface area contributed by atoms with Crippen molar-refractivity contribution in [1.82, 2.24) is 15.0 Å². The van der Waals surface area contributed by atoms with E-state index in [4.69, 9.17) is 49.2 Å². The van der Waals surface area contributed by atoms with E-state index in [9.17, 15) is 0 Å². The maximum atomic E-state index is 8.70. The summed E-state index contributed by atoms with van der Waals surface area (Å²) in [6.07, 6.45) is 0. The summed E-state index contributed by atoms with van der Waals surface area (Å²) in [6.45, 7) is 0. The summed E-state index contributed by atoms with van der Waals surface area (Å²) < 4.78 is 8.70. The monoisotopic (exact) mass is 355 g/mol. The van der Waals surface area contributed by atoms with Gasteiger partial charge in [0.2, 0.25) is 16.5 Å². The van der Waals surface area contributed by atoms with Crippen LogP contribution >= 0.6 is 43.1 Å². The number of hydrogen-bond donors (Lipinski definition) is 3. The van der Waals surface area contributed by atoms with E-state index >= 15 is 0 Å². The summed E-state index contributed by atoms with van der Waals surface area (Å²) in [5, 5.41) is 3.49. The first-order valence-corrected chi connectivity index (χ1v) is 7.12. The summed E-state index contributed by atoms with van der Waals surface area (Å²) in [5.41, 5.74) is 0.669.